The average molecular weight is 288 g/mol. The van der Waals surface area contributed by atoms with Crippen molar-refractivity contribution in [3.8, 4) is 0 Å². The molecule has 0 amide bonds. The van der Waals surface area contributed by atoms with Crippen molar-refractivity contribution in [1.29, 1.82) is 0 Å². The van der Waals surface area contributed by atoms with Crippen molar-refractivity contribution in [3.05, 3.63) is 20.1 Å². The van der Waals surface area contributed by atoms with Crippen LogP contribution in [0.1, 0.15) is 26.7 Å². The second-order valence-corrected chi connectivity index (χ2v) is 4.74. The van der Waals surface area contributed by atoms with E-state index in [-0.39, 0.29) is 6.61 Å². The van der Waals surface area contributed by atoms with Gasteiger partial charge in [-0.1, -0.05) is 44.7 Å². The Hall–Kier alpha value is 0.500. The number of hydrogen-bond donors (Lipinski definition) is 1. The first-order valence-corrected chi connectivity index (χ1v) is 5.49. The summed E-state index contributed by atoms with van der Waals surface area (Å²) in [4.78, 5) is 0. The predicted molar refractivity (Wildman–Crippen MR) is 62.4 cm³/mol. The van der Waals surface area contributed by atoms with Crippen LogP contribution in [-0.2, 0) is 0 Å². The van der Waals surface area contributed by atoms with Gasteiger partial charge in [-0.2, -0.15) is 0 Å². The van der Waals surface area contributed by atoms with Crippen LogP contribution in [0.4, 0.5) is 0 Å². The Bertz CT molecular complexity index is 230. The molecule has 0 rings (SSSR count). The second-order valence-electron chi connectivity index (χ2n) is 2.87. The molecule has 1 N–H and O–H groups in total. The molecular formula is C9H13BrCl2O. The Morgan fingerprint density at radius 2 is 1.69 bits per heavy atom. The van der Waals surface area contributed by atoms with Crippen LogP contribution in [0, 0.1) is 0 Å². The fourth-order valence-corrected chi connectivity index (χ4v) is 1.14. The molecule has 0 unspecified atom stereocenters. The largest absolute Gasteiger partial charge is 0.391 e. The summed E-state index contributed by atoms with van der Waals surface area (Å²) in [5, 5.41) is 9.54. The summed E-state index contributed by atoms with van der Waals surface area (Å²) >= 11 is 14.9. The van der Waals surface area contributed by atoms with Crippen LogP contribution in [0.5, 0.6) is 0 Å². The van der Waals surface area contributed by atoms with Gasteiger partial charge in [0.2, 0.25) is 0 Å². The maximum atomic E-state index is 8.68. The molecule has 0 aliphatic rings. The zero-order valence-electron chi connectivity index (χ0n) is 7.70. The number of halogens is 3. The van der Waals surface area contributed by atoms with Crippen molar-refractivity contribution in [2.24, 2.45) is 0 Å². The molecule has 0 aromatic heterocycles. The summed E-state index contributed by atoms with van der Waals surface area (Å²) in [5.74, 6) is 0. The third-order valence-corrected chi connectivity index (χ3v) is 3.59. The van der Waals surface area contributed by atoms with Crippen LogP contribution in [0.25, 0.3) is 0 Å². The number of aliphatic hydroxyl groups is 1. The molecule has 76 valence electrons. The SMILES string of the molecule is CC(C)=C(Br)CC/C(Cl)=C(\Cl)CO. The van der Waals surface area contributed by atoms with Gasteiger partial charge in [0.25, 0.3) is 0 Å². The van der Waals surface area contributed by atoms with Gasteiger partial charge in [-0.25, -0.2) is 0 Å². The van der Waals surface area contributed by atoms with Crippen LogP contribution in [0.15, 0.2) is 20.1 Å². The van der Waals surface area contributed by atoms with Gasteiger partial charge < -0.3 is 5.11 Å². The topological polar surface area (TPSA) is 20.2 Å². The van der Waals surface area contributed by atoms with Gasteiger partial charge in [0, 0.05) is 5.03 Å². The average Bonchev–Trinajstić information content (AvgIpc) is 2.11. The number of hydrogen-bond acceptors (Lipinski definition) is 1. The van der Waals surface area contributed by atoms with E-state index in [1.807, 2.05) is 13.8 Å². The highest BCUT2D eigenvalue weighted by Gasteiger charge is 2.02. The van der Waals surface area contributed by atoms with E-state index in [9.17, 15) is 0 Å². The van der Waals surface area contributed by atoms with Crippen LogP contribution in [0.3, 0.4) is 0 Å². The highest BCUT2D eigenvalue weighted by Crippen LogP contribution is 2.25. The third-order valence-electron chi connectivity index (χ3n) is 1.54. The van der Waals surface area contributed by atoms with E-state index in [2.05, 4.69) is 15.9 Å². The summed E-state index contributed by atoms with van der Waals surface area (Å²) in [7, 11) is 0. The zero-order chi connectivity index (χ0) is 10.4. The smallest absolute Gasteiger partial charge is 0.0799 e. The molecule has 0 aromatic rings. The lowest BCUT2D eigenvalue weighted by Crippen LogP contribution is -1.87. The lowest BCUT2D eigenvalue weighted by molar-refractivity contribution is 0.338. The summed E-state index contributed by atoms with van der Waals surface area (Å²) in [6.45, 7) is 3.86. The van der Waals surface area contributed by atoms with Crippen LogP contribution in [-0.4, -0.2) is 11.7 Å². The van der Waals surface area contributed by atoms with Crippen molar-refractivity contribution in [2.45, 2.75) is 26.7 Å². The Morgan fingerprint density at radius 3 is 2.08 bits per heavy atom. The molecule has 0 aliphatic heterocycles. The molecule has 0 radical (unpaired) electrons. The Balaban J connectivity index is 4.12. The van der Waals surface area contributed by atoms with E-state index >= 15 is 0 Å². The molecule has 0 saturated heterocycles. The number of aliphatic hydroxyl groups excluding tert-OH is 1. The maximum absolute atomic E-state index is 8.68. The standard InChI is InChI=1S/C9H13BrCl2O/c1-6(2)7(10)3-4-8(11)9(12)5-13/h13H,3-5H2,1-2H3/b9-8+. The van der Waals surface area contributed by atoms with Gasteiger partial charge in [0.1, 0.15) is 0 Å². The molecular weight excluding hydrogens is 275 g/mol. The summed E-state index contributed by atoms with van der Waals surface area (Å²) < 4.78 is 1.13. The van der Waals surface area contributed by atoms with Gasteiger partial charge in [0.05, 0.1) is 11.6 Å². The first kappa shape index (κ1) is 13.5. The van der Waals surface area contributed by atoms with E-state index in [0.29, 0.717) is 16.5 Å². The highest BCUT2D eigenvalue weighted by atomic mass is 79.9. The first-order valence-electron chi connectivity index (χ1n) is 3.94. The van der Waals surface area contributed by atoms with Gasteiger partial charge >= 0.3 is 0 Å². The van der Waals surface area contributed by atoms with Crippen molar-refractivity contribution in [3.63, 3.8) is 0 Å². The maximum Gasteiger partial charge on any atom is 0.0799 e. The zero-order valence-corrected chi connectivity index (χ0v) is 10.8. The minimum Gasteiger partial charge on any atom is -0.391 e. The van der Waals surface area contributed by atoms with Gasteiger partial charge in [-0.3, -0.25) is 0 Å². The third kappa shape index (κ3) is 5.74. The molecule has 4 heteroatoms. The number of rotatable bonds is 4. The molecule has 0 aliphatic carbocycles. The van der Waals surface area contributed by atoms with Crippen molar-refractivity contribution < 1.29 is 5.11 Å². The molecule has 1 nitrogen and oxygen atoms in total. The van der Waals surface area contributed by atoms with E-state index in [0.717, 1.165) is 10.9 Å². The normalized spacial score (nSPS) is 12.5. The molecule has 13 heavy (non-hydrogen) atoms. The van der Waals surface area contributed by atoms with Gasteiger partial charge in [-0.15, -0.1) is 0 Å². The minimum absolute atomic E-state index is 0.188. The molecule has 0 aromatic carbocycles. The molecule has 0 saturated carbocycles. The number of allylic oxidation sites excluding steroid dienone is 3. The summed E-state index contributed by atoms with van der Waals surface area (Å²) in [6, 6.07) is 0. The first-order chi connectivity index (χ1) is 5.99. The molecule has 0 atom stereocenters. The molecule has 0 spiro atoms. The molecule has 0 bridgehead atoms. The summed E-state index contributed by atoms with van der Waals surface area (Å²) in [6.07, 6.45) is 1.48. The van der Waals surface area contributed by atoms with Crippen molar-refractivity contribution in [2.75, 3.05) is 6.61 Å². The van der Waals surface area contributed by atoms with Gasteiger partial charge in [-0.05, 0) is 31.2 Å². The second kappa shape index (κ2) is 6.88. The van der Waals surface area contributed by atoms with E-state index in [1.165, 1.54) is 5.57 Å². The highest BCUT2D eigenvalue weighted by molar-refractivity contribution is 9.11. The van der Waals surface area contributed by atoms with E-state index < -0.39 is 0 Å². The molecule has 0 fully saturated rings. The lowest BCUT2D eigenvalue weighted by Gasteiger charge is -2.02. The molecule has 0 heterocycles. The van der Waals surface area contributed by atoms with Crippen LogP contribution in [0.2, 0.25) is 0 Å². The lowest BCUT2D eigenvalue weighted by atomic mass is 10.2. The predicted octanol–water partition coefficient (Wildman–Crippen LogP) is 4.14. The fourth-order valence-electron chi connectivity index (χ4n) is 0.691. The Labute approximate surface area is 97.5 Å². The van der Waals surface area contributed by atoms with E-state index in [1.54, 1.807) is 0 Å². The fraction of sp³-hybridized carbons (Fsp3) is 0.556. The van der Waals surface area contributed by atoms with E-state index in [4.69, 9.17) is 28.3 Å². The monoisotopic (exact) mass is 286 g/mol. The van der Waals surface area contributed by atoms with Crippen molar-refractivity contribution >= 4 is 39.1 Å². The summed E-state index contributed by atoms with van der Waals surface area (Å²) in [5.41, 5.74) is 1.23. The van der Waals surface area contributed by atoms with Crippen molar-refractivity contribution in [1.82, 2.24) is 0 Å². The van der Waals surface area contributed by atoms with Crippen LogP contribution < -0.4 is 0 Å². The Kier molecular flexibility index (Phi) is 7.15. The Morgan fingerprint density at radius 1 is 1.15 bits per heavy atom. The quantitative estimate of drug-likeness (QED) is 0.824. The minimum atomic E-state index is -0.188. The van der Waals surface area contributed by atoms with Crippen LogP contribution >= 0.6 is 39.1 Å². The van der Waals surface area contributed by atoms with Gasteiger partial charge in [0.15, 0.2) is 0 Å².